The first-order valence-electron chi connectivity index (χ1n) is 5.80. The summed E-state index contributed by atoms with van der Waals surface area (Å²) in [5.41, 5.74) is 0.762. The highest BCUT2D eigenvalue weighted by atomic mass is 16.5. The molecular weight excluding hydrogens is 242 g/mol. The molecule has 0 atom stereocenters. The van der Waals surface area contributed by atoms with Crippen molar-refractivity contribution >= 4 is 17.6 Å². The van der Waals surface area contributed by atoms with Gasteiger partial charge in [-0.3, -0.25) is 4.79 Å². The van der Waals surface area contributed by atoms with Gasteiger partial charge in [0, 0.05) is 6.92 Å². The lowest BCUT2D eigenvalue weighted by Gasteiger charge is -2.09. The molecule has 1 amide bonds. The molecule has 0 saturated carbocycles. The summed E-state index contributed by atoms with van der Waals surface area (Å²) in [5.74, 6) is -0.277. The molecule has 0 bridgehead atoms. The fourth-order valence-electron chi connectivity index (χ4n) is 1.61. The van der Waals surface area contributed by atoms with Crippen LogP contribution in [0.15, 0.2) is 54.6 Å². The van der Waals surface area contributed by atoms with Gasteiger partial charge < -0.3 is 10.1 Å². The number of rotatable bonds is 3. The molecule has 1 N–H and O–H groups in total. The molecule has 2 aromatic rings. The van der Waals surface area contributed by atoms with Crippen molar-refractivity contribution in [3.63, 3.8) is 0 Å². The fraction of sp³-hybridized carbons (Fsp3) is 0.0667. The van der Waals surface area contributed by atoms with Crippen molar-refractivity contribution in [1.29, 1.82) is 0 Å². The highest BCUT2D eigenvalue weighted by molar-refractivity contribution is 6.01. The molecule has 0 saturated heterocycles. The molecule has 0 aliphatic carbocycles. The monoisotopic (exact) mass is 255 g/mol. The number of nitrogens with one attached hydrogen (secondary N) is 1. The smallest absolute Gasteiger partial charge is 0.345 e. The summed E-state index contributed by atoms with van der Waals surface area (Å²) in [6, 6.07) is 15.5. The van der Waals surface area contributed by atoms with E-state index in [4.69, 9.17) is 4.74 Å². The Balaban J connectivity index is 2.21. The van der Waals surface area contributed by atoms with Crippen LogP contribution in [0.4, 0.5) is 5.69 Å². The molecule has 2 rings (SSSR count). The van der Waals surface area contributed by atoms with Crippen molar-refractivity contribution in [3.8, 4) is 5.75 Å². The van der Waals surface area contributed by atoms with Crippen LogP contribution in [0.3, 0.4) is 0 Å². The first kappa shape index (κ1) is 12.8. The number of amides is 1. The number of esters is 1. The highest BCUT2D eigenvalue weighted by Crippen LogP contribution is 2.18. The molecular formula is C15H13NO3. The lowest BCUT2D eigenvalue weighted by Crippen LogP contribution is -2.14. The maximum absolute atomic E-state index is 12.0. The predicted octanol–water partition coefficient (Wildman–Crippen LogP) is 2.86. The van der Waals surface area contributed by atoms with Crippen molar-refractivity contribution in [2.75, 3.05) is 5.32 Å². The quantitative estimate of drug-likeness (QED) is 0.677. The van der Waals surface area contributed by atoms with Gasteiger partial charge in [0.15, 0.2) is 0 Å². The van der Waals surface area contributed by atoms with Gasteiger partial charge in [0.25, 0.3) is 0 Å². The number of benzene rings is 2. The number of hydrogen-bond donors (Lipinski definition) is 1. The minimum atomic E-state index is -0.504. The Morgan fingerprint density at radius 2 is 1.58 bits per heavy atom. The Morgan fingerprint density at radius 1 is 0.947 bits per heavy atom. The summed E-state index contributed by atoms with van der Waals surface area (Å²) < 4.78 is 5.23. The predicted molar refractivity (Wildman–Crippen MR) is 72.1 cm³/mol. The molecule has 96 valence electrons. The lowest BCUT2D eigenvalue weighted by molar-refractivity contribution is -0.114. The SMILES string of the molecule is CC(=O)Nc1ccccc1C(=O)Oc1ccccc1. The maximum atomic E-state index is 12.0. The van der Waals surface area contributed by atoms with E-state index in [1.165, 1.54) is 6.92 Å². The molecule has 0 aliphatic rings. The van der Waals surface area contributed by atoms with E-state index in [2.05, 4.69) is 5.32 Å². The van der Waals surface area contributed by atoms with Crippen LogP contribution in [0, 0.1) is 0 Å². The average molecular weight is 255 g/mol. The molecule has 2 aromatic carbocycles. The highest BCUT2D eigenvalue weighted by Gasteiger charge is 2.13. The van der Waals surface area contributed by atoms with Gasteiger partial charge in [0.1, 0.15) is 5.75 Å². The number of anilines is 1. The van der Waals surface area contributed by atoms with Gasteiger partial charge in [-0.2, -0.15) is 0 Å². The van der Waals surface area contributed by atoms with Crippen LogP contribution in [-0.4, -0.2) is 11.9 Å². The normalized spacial score (nSPS) is 9.74. The molecule has 0 heterocycles. The second kappa shape index (κ2) is 5.82. The maximum Gasteiger partial charge on any atom is 0.345 e. The average Bonchev–Trinajstić information content (AvgIpc) is 2.39. The van der Waals surface area contributed by atoms with E-state index < -0.39 is 5.97 Å². The minimum absolute atomic E-state index is 0.236. The Bertz CT molecular complexity index is 593. The van der Waals surface area contributed by atoms with Crippen molar-refractivity contribution < 1.29 is 14.3 Å². The number of para-hydroxylation sites is 2. The number of carbonyl (C=O) groups is 2. The molecule has 0 fully saturated rings. The van der Waals surface area contributed by atoms with Gasteiger partial charge in [-0.05, 0) is 24.3 Å². The lowest BCUT2D eigenvalue weighted by atomic mass is 10.2. The van der Waals surface area contributed by atoms with Gasteiger partial charge in [-0.15, -0.1) is 0 Å². The summed E-state index contributed by atoms with van der Waals surface area (Å²) in [4.78, 5) is 23.1. The third-order valence-corrected chi connectivity index (χ3v) is 2.41. The summed E-state index contributed by atoms with van der Waals surface area (Å²) in [6.45, 7) is 1.39. The number of ether oxygens (including phenoxy) is 1. The third kappa shape index (κ3) is 3.42. The van der Waals surface area contributed by atoms with E-state index in [1.54, 1.807) is 48.5 Å². The van der Waals surface area contributed by atoms with Crippen molar-refractivity contribution in [2.45, 2.75) is 6.92 Å². The van der Waals surface area contributed by atoms with Gasteiger partial charge in [0.2, 0.25) is 5.91 Å². The Morgan fingerprint density at radius 3 is 2.26 bits per heavy atom. The first-order chi connectivity index (χ1) is 9.16. The summed E-state index contributed by atoms with van der Waals surface area (Å²) >= 11 is 0. The number of hydrogen-bond acceptors (Lipinski definition) is 3. The first-order valence-corrected chi connectivity index (χ1v) is 5.80. The molecule has 0 radical (unpaired) electrons. The molecule has 0 unspecified atom stereocenters. The van der Waals surface area contributed by atoms with Crippen LogP contribution in [0.1, 0.15) is 17.3 Å². The van der Waals surface area contributed by atoms with E-state index in [-0.39, 0.29) is 5.91 Å². The topological polar surface area (TPSA) is 55.4 Å². The second-order valence-electron chi connectivity index (χ2n) is 3.93. The molecule has 0 aromatic heterocycles. The molecule has 0 spiro atoms. The Labute approximate surface area is 111 Å². The zero-order valence-electron chi connectivity index (χ0n) is 10.4. The molecule has 0 aliphatic heterocycles. The largest absolute Gasteiger partial charge is 0.423 e. The summed E-state index contributed by atoms with van der Waals surface area (Å²) in [6.07, 6.45) is 0. The third-order valence-electron chi connectivity index (χ3n) is 2.41. The fourth-order valence-corrected chi connectivity index (χ4v) is 1.61. The zero-order chi connectivity index (χ0) is 13.7. The van der Waals surface area contributed by atoms with Crippen LogP contribution in [0.2, 0.25) is 0 Å². The molecule has 4 heteroatoms. The van der Waals surface area contributed by atoms with Gasteiger partial charge >= 0.3 is 5.97 Å². The van der Waals surface area contributed by atoms with E-state index in [0.717, 1.165) is 0 Å². The van der Waals surface area contributed by atoms with Gasteiger partial charge in [-0.25, -0.2) is 4.79 Å². The van der Waals surface area contributed by atoms with Crippen molar-refractivity contribution in [2.24, 2.45) is 0 Å². The Kier molecular flexibility index (Phi) is 3.93. The van der Waals surface area contributed by atoms with Crippen LogP contribution in [0.5, 0.6) is 5.75 Å². The number of carbonyl (C=O) groups excluding carboxylic acids is 2. The Hall–Kier alpha value is -2.62. The van der Waals surface area contributed by atoms with E-state index >= 15 is 0 Å². The molecule has 19 heavy (non-hydrogen) atoms. The van der Waals surface area contributed by atoms with E-state index in [1.807, 2.05) is 6.07 Å². The van der Waals surface area contributed by atoms with Crippen LogP contribution in [0.25, 0.3) is 0 Å². The second-order valence-corrected chi connectivity index (χ2v) is 3.93. The summed E-state index contributed by atoms with van der Waals surface area (Å²) in [5, 5.41) is 2.60. The van der Waals surface area contributed by atoms with Crippen LogP contribution in [-0.2, 0) is 4.79 Å². The molecule has 4 nitrogen and oxygen atoms in total. The van der Waals surface area contributed by atoms with Crippen LogP contribution < -0.4 is 10.1 Å². The standard InChI is InChI=1S/C15H13NO3/c1-11(17)16-14-10-6-5-9-13(14)15(18)19-12-7-3-2-4-8-12/h2-10H,1H3,(H,16,17). The van der Waals surface area contributed by atoms with Crippen molar-refractivity contribution in [1.82, 2.24) is 0 Å². The zero-order valence-corrected chi connectivity index (χ0v) is 10.4. The van der Waals surface area contributed by atoms with Gasteiger partial charge in [0.05, 0.1) is 11.3 Å². The van der Waals surface area contributed by atoms with Crippen molar-refractivity contribution in [3.05, 3.63) is 60.2 Å². The van der Waals surface area contributed by atoms with E-state index in [0.29, 0.717) is 17.0 Å². The summed E-state index contributed by atoms with van der Waals surface area (Å²) in [7, 11) is 0. The van der Waals surface area contributed by atoms with E-state index in [9.17, 15) is 9.59 Å². The van der Waals surface area contributed by atoms with Gasteiger partial charge in [-0.1, -0.05) is 30.3 Å². The van der Waals surface area contributed by atoms with Crippen LogP contribution >= 0.6 is 0 Å². The minimum Gasteiger partial charge on any atom is -0.423 e.